The second kappa shape index (κ2) is 4.34. The first-order valence-corrected chi connectivity index (χ1v) is 9.32. The molecule has 1 spiro atoms. The highest BCUT2D eigenvalue weighted by atomic mass is 35.5. The van der Waals surface area contributed by atoms with E-state index in [0.717, 1.165) is 36.9 Å². The van der Waals surface area contributed by atoms with E-state index < -0.39 is 10.5 Å². The summed E-state index contributed by atoms with van der Waals surface area (Å²) in [5.74, 6) is 0.201. The minimum absolute atomic E-state index is 0.0942. The molecule has 4 nitrogen and oxygen atoms in total. The Kier molecular flexibility index (Phi) is 2.67. The number of piperidine rings is 2. The summed E-state index contributed by atoms with van der Waals surface area (Å²) in [6.45, 7) is 2.89. The molecule has 4 heterocycles. The molecule has 4 aliphatic heterocycles. The number of benzene rings is 1. The Morgan fingerprint density at radius 3 is 2.75 bits per heavy atom. The van der Waals surface area contributed by atoms with Gasteiger partial charge in [0.1, 0.15) is 4.87 Å². The van der Waals surface area contributed by atoms with Crippen LogP contribution in [0.4, 0.5) is 5.69 Å². The van der Waals surface area contributed by atoms with Gasteiger partial charge in [-0.1, -0.05) is 25.1 Å². The van der Waals surface area contributed by atoms with Crippen molar-refractivity contribution in [3.05, 3.63) is 29.8 Å². The van der Waals surface area contributed by atoms with Crippen molar-refractivity contribution < 1.29 is 9.59 Å². The van der Waals surface area contributed by atoms with Crippen LogP contribution in [-0.2, 0) is 14.5 Å². The lowest BCUT2D eigenvalue weighted by molar-refractivity contribution is -0.151. The third kappa shape index (κ3) is 1.26. The van der Waals surface area contributed by atoms with Crippen molar-refractivity contribution in [2.24, 2.45) is 5.41 Å². The van der Waals surface area contributed by atoms with Crippen molar-refractivity contribution in [1.29, 1.82) is 0 Å². The third-order valence-corrected chi connectivity index (χ3v) is 7.66. The van der Waals surface area contributed by atoms with Crippen LogP contribution in [0.2, 0.25) is 0 Å². The quantitative estimate of drug-likeness (QED) is 0.733. The van der Waals surface area contributed by atoms with Crippen LogP contribution in [0.3, 0.4) is 0 Å². The number of anilines is 1. The number of para-hydroxylation sites is 1. The van der Waals surface area contributed by atoms with E-state index >= 15 is 0 Å². The third-order valence-electron chi connectivity index (χ3n) is 7.05. The predicted octanol–water partition coefficient (Wildman–Crippen LogP) is 3.38. The van der Waals surface area contributed by atoms with Gasteiger partial charge in [-0.05, 0) is 31.7 Å². The van der Waals surface area contributed by atoms with Gasteiger partial charge in [-0.25, -0.2) is 0 Å². The molecule has 3 saturated heterocycles. The van der Waals surface area contributed by atoms with Crippen LogP contribution in [0.15, 0.2) is 24.3 Å². The van der Waals surface area contributed by atoms with Crippen LogP contribution in [-0.4, -0.2) is 28.9 Å². The summed E-state index contributed by atoms with van der Waals surface area (Å²) < 4.78 is 0. The molecule has 2 amide bonds. The van der Waals surface area contributed by atoms with Crippen LogP contribution in [0.5, 0.6) is 0 Å². The molecule has 0 unspecified atom stereocenters. The van der Waals surface area contributed by atoms with Crippen molar-refractivity contribution in [3.8, 4) is 0 Å². The van der Waals surface area contributed by atoms with Crippen LogP contribution in [0.1, 0.15) is 51.0 Å². The van der Waals surface area contributed by atoms with Gasteiger partial charge >= 0.3 is 0 Å². The summed E-state index contributed by atoms with van der Waals surface area (Å²) in [7, 11) is 0. The molecule has 3 fully saturated rings. The van der Waals surface area contributed by atoms with Gasteiger partial charge in [0.05, 0.1) is 12.1 Å². The molecular weight excluding hydrogens is 324 g/mol. The molecule has 0 saturated carbocycles. The maximum Gasteiger partial charge on any atom is 0.229 e. The zero-order valence-electron chi connectivity index (χ0n) is 13.8. The van der Waals surface area contributed by atoms with Gasteiger partial charge in [0, 0.05) is 23.9 Å². The first kappa shape index (κ1) is 14.8. The number of alkyl halides is 1. The highest BCUT2D eigenvalue weighted by Crippen LogP contribution is 2.72. The van der Waals surface area contributed by atoms with Crippen molar-refractivity contribution in [2.45, 2.75) is 56.0 Å². The number of carbonyl (C=O) groups is 2. The fourth-order valence-electron chi connectivity index (χ4n) is 6.23. The number of nitrogens with zero attached hydrogens (tertiary/aromatic N) is 2. The van der Waals surface area contributed by atoms with Gasteiger partial charge in [0.15, 0.2) is 5.66 Å². The zero-order valence-corrected chi connectivity index (χ0v) is 14.6. The van der Waals surface area contributed by atoms with Crippen molar-refractivity contribution in [3.63, 3.8) is 0 Å². The highest BCUT2D eigenvalue weighted by molar-refractivity contribution is 6.30. The summed E-state index contributed by atoms with van der Waals surface area (Å²) >= 11 is 7.34. The normalized spacial score (nSPS) is 39.8. The molecule has 0 aliphatic carbocycles. The Hall–Kier alpha value is -1.55. The average Bonchev–Trinajstić information content (AvgIpc) is 2.96. The summed E-state index contributed by atoms with van der Waals surface area (Å²) in [6.07, 6.45) is 4.61. The first-order valence-electron chi connectivity index (χ1n) is 8.94. The monoisotopic (exact) mass is 344 g/mol. The molecule has 4 aliphatic rings. The Morgan fingerprint density at radius 1 is 1.17 bits per heavy atom. The van der Waals surface area contributed by atoms with Crippen LogP contribution >= 0.6 is 11.6 Å². The largest absolute Gasteiger partial charge is 0.317 e. The van der Waals surface area contributed by atoms with Crippen molar-refractivity contribution in [1.82, 2.24) is 4.90 Å². The van der Waals surface area contributed by atoms with E-state index in [1.54, 1.807) is 0 Å². The van der Waals surface area contributed by atoms with Crippen LogP contribution in [0.25, 0.3) is 0 Å². The molecule has 0 radical (unpaired) electrons. The molecule has 0 bridgehead atoms. The number of amides is 2. The first-order chi connectivity index (χ1) is 11.5. The standard InChI is InChI=1S/C19H21ClN2O2/c1-2-17-9-5-11-21-16(24)12-18(20)13-6-3-4-7-14(13)22(19(17,18)21)15(23)8-10-17/h3-4,6-7H,2,5,8-12H2,1H3/t17-,18-,19-/m0/s1. The average molecular weight is 345 g/mol. The van der Waals surface area contributed by atoms with E-state index in [1.807, 2.05) is 34.1 Å². The number of hydrogen-bond donors (Lipinski definition) is 0. The number of hydrogen-bond acceptors (Lipinski definition) is 2. The molecule has 1 aromatic rings. The Labute approximate surface area is 146 Å². The maximum absolute atomic E-state index is 13.0. The van der Waals surface area contributed by atoms with Gasteiger partial charge in [-0.15, -0.1) is 11.6 Å². The van der Waals surface area contributed by atoms with Crippen molar-refractivity contribution in [2.75, 3.05) is 11.4 Å². The Bertz CT molecular complexity index is 780. The smallest absolute Gasteiger partial charge is 0.229 e. The topological polar surface area (TPSA) is 40.6 Å². The molecule has 3 atom stereocenters. The molecule has 5 heteroatoms. The molecule has 0 N–H and O–H groups in total. The minimum Gasteiger partial charge on any atom is -0.317 e. The van der Waals surface area contributed by atoms with E-state index in [4.69, 9.17) is 11.6 Å². The molecule has 0 aromatic heterocycles. The lowest BCUT2D eigenvalue weighted by Crippen LogP contribution is -2.76. The van der Waals surface area contributed by atoms with Crippen LogP contribution in [0, 0.1) is 5.41 Å². The molecule has 126 valence electrons. The molecule has 24 heavy (non-hydrogen) atoms. The minimum atomic E-state index is -0.826. The SMILES string of the molecule is CC[C@]12CCCN3C(=O)C[C@]4(Cl)c5ccccc5N(C(=O)CC1)[C@@]324. The van der Waals surface area contributed by atoms with Crippen LogP contribution < -0.4 is 4.90 Å². The zero-order chi connectivity index (χ0) is 16.7. The van der Waals surface area contributed by atoms with E-state index in [-0.39, 0.29) is 23.7 Å². The fraction of sp³-hybridized carbons (Fsp3) is 0.579. The predicted molar refractivity (Wildman–Crippen MR) is 91.7 cm³/mol. The van der Waals surface area contributed by atoms with Gasteiger partial charge in [-0.3, -0.25) is 14.5 Å². The highest BCUT2D eigenvalue weighted by Gasteiger charge is 2.79. The van der Waals surface area contributed by atoms with Gasteiger partial charge in [0.2, 0.25) is 11.8 Å². The number of rotatable bonds is 1. The van der Waals surface area contributed by atoms with Gasteiger partial charge in [0.25, 0.3) is 0 Å². The number of carbonyl (C=O) groups excluding carboxylic acids is 2. The molecular formula is C19H21ClN2O2. The van der Waals surface area contributed by atoms with Gasteiger partial charge in [-0.2, -0.15) is 0 Å². The van der Waals surface area contributed by atoms with E-state index in [0.29, 0.717) is 13.0 Å². The van der Waals surface area contributed by atoms with Crippen molar-refractivity contribution >= 4 is 29.1 Å². The van der Waals surface area contributed by atoms with E-state index in [1.165, 1.54) is 0 Å². The van der Waals surface area contributed by atoms with Gasteiger partial charge < -0.3 is 4.90 Å². The van der Waals surface area contributed by atoms with E-state index in [2.05, 4.69) is 6.92 Å². The summed E-state index contributed by atoms with van der Waals surface area (Å²) in [5.41, 5.74) is 1.03. The fourth-order valence-corrected chi connectivity index (χ4v) is 6.89. The lowest BCUT2D eigenvalue weighted by atomic mass is 9.58. The number of halogens is 1. The van der Waals surface area contributed by atoms with E-state index in [9.17, 15) is 9.59 Å². The molecule has 1 aromatic carbocycles. The summed E-state index contributed by atoms with van der Waals surface area (Å²) in [4.78, 5) is 29.0. The molecule has 5 rings (SSSR count). The lowest BCUT2D eigenvalue weighted by Gasteiger charge is -2.63. The maximum atomic E-state index is 13.0. The second-order valence-electron chi connectivity index (χ2n) is 7.68. The Balaban J connectivity index is 1.90. The Morgan fingerprint density at radius 2 is 1.96 bits per heavy atom. The summed E-state index contributed by atoms with van der Waals surface area (Å²) in [5, 5.41) is 0. The summed E-state index contributed by atoms with van der Waals surface area (Å²) in [6, 6.07) is 7.93. The number of fused-ring (bicyclic) bond motifs is 3. The second-order valence-corrected chi connectivity index (χ2v) is 8.32.